The summed E-state index contributed by atoms with van der Waals surface area (Å²) >= 11 is 6.01. The van der Waals surface area contributed by atoms with Crippen LogP contribution in [0.1, 0.15) is 15.9 Å². The molecule has 0 aliphatic carbocycles. The minimum absolute atomic E-state index is 0.266. The summed E-state index contributed by atoms with van der Waals surface area (Å²) in [5, 5.41) is 4.25. The van der Waals surface area contributed by atoms with Gasteiger partial charge < -0.3 is 5.32 Å². The molecule has 1 N–H and O–H groups in total. The van der Waals surface area contributed by atoms with E-state index >= 15 is 0 Å². The summed E-state index contributed by atoms with van der Waals surface area (Å²) in [5.74, 6) is -0.619. The third kappa shape index (κ3) is 3.47. The molecule has 3 aromatic carbocycles. The van der Waals surface area contributed by atoms with E-state index in [9.17, 15) is 9.18 Å². The summed E-state index contributed by atoms with van der Waals surface area (Å²) in [5.41, 5.74) is 4.16. The van der Waals surface area contributed by atoms with Crippen molar-refractivity contribution in [3.63, 3.8) is 0 Å². The first kappa shape index (κ1) is 18.1. The van der Waals surface area contributed by atoms with Gasteiger partial charge in [0.25, 0.3) is 5.91 Å². The molecule has 4 aromatic rings. The van der Waals surface area contributed by atoms with Crippen molar-refractivity contribution in [3.05, 3.63) is 94.8 Å². The molecular weight excluding hydrogens is 375 g/mol. The summed E-state index contributed by atoms with van der Waals surface area (Å²) in [6, 6.07) is 20.6. The number of hydrogen-bond acceptors (Lipinski definition) is 2. The lowest BCUT2D eigenvalue weighted by atomic mass is 9.97. The van der Waals surface area contributed by atoms with E-state index in [1.807, 2.05) is 43.3 Å². The molecule has 1 aromatic heterocycles. The smallest absolute Gasteiger partial charge is 0.256 e. The first-order valence-corrected chi connectivity index (χ1v) is 9.13. The van der Waals surface area contributed by atoms with Crippen LogP contribution in [0.3, 0.4) is 0 Å². The number of pyridine rings is 1. The predicted octanol–water partition coefficient (Wildman–Crippen LogP) is 6.26. The molecule has 5 heteroatoms. The highest BCUT2D eigenvalue weighted by molar-refractivity contribution is 6.30. The number of rotatable bonds is 3. The highest BCUT2D eigenvalue weighted by Gasteiger charge is 2.19. The Bertz CT molecular complexity index is 1170. The van der Waals surface area contributed by atoms with Crippen molar-refractivity contribution in [1.29, 1.82) is 0 Å². The van der Waals surface area contributed by atoms with Crippen LogP contribution in [0, 0.1) is 12.7 Å². The van der Waals surface area contributed by atoms with Crippen molar-refractivity contribution < 1.29 is 9.18 Å². The number of anilines is 1. The molecule has 0 atom stereocenters. The molecule has 0 saturated heterocycles. The summed E-state index contributed by atoms with van der Waals surface area (Å²) in [7, 11) is 0. The lowest BCUT2D eigenvalue weighted by Gasteiger charge is -2.15. The quantitative estimate of drug-likeness (QED) is 0.449. The topological polar surface area (TPSA) is 42.0 Å². The van der Waals surface area contributed by atoms with Gasteiger partial charge in [0.15, 0.2) is 0 Å². The van der Waals surface area contributed by atoms with Gasteiger partial charge in [-0.25, -0.2) is 9.37 Å². The van der Waals surface area contributed by atoms with Gasteiger partial charge in [0, 0.05) is 21.7 Å². The molecule has 4 rings (SSSR count). The molecule has 0 spiro atoms. The predicted molar refractivity (Wildman–Crippen MR) is 111 cm³/mol. The maximum absolute atomic E-state index is 13.2. The fraction of sp³-hybridized carbons (Fsp3) is 0.0435. The Morgan fingerprint density at radius 1 is 0.964 bits per heavy atom. The Labute approximate surface area is 166 Å². The molecule has 0 radical (unpaired) electrons. The summed E-state index contributed by atoms with van der Waals surface area (Å²) in [6.45, 7) is 1.88. The summed E-state index contributed by atoms with van der Waals surface area (Å²) < 4.78 is 13.2. The monoisotopic (exact) mass is 390 g/mol. The first-order valence-electron chi connectivity index (χ1n) is 8.75. The molecule has 138 valence electrons. The summed E-state index contributed by atoms with van der Waals surface area (Å²) in [6.07, 6.45) is 0. The molecule has 1 heterocycles. The van der Waals surface area contributed by atoms with Gasteiger partial charge in [-0.1, -0.05) is 41.9 Å². The number of hydrogen-bond donors (Lipinski definition) is 1. The van der Waals surface area contributed by atoms with Crippen molar-refractivity contribution in [2.45, 2.75) is 6.92 Å². The van der Waals surface area contributed by atoms with Gasteiger partial charge in [0.2, 0.25) is 0 Å². The Hall–Kier alpha value is -3.24. The lowest BCUT2D eigenvalue weighted by molar-refractivity contribution is 0.102. The second kappa shape index (κ2) is 7.41. The zero-order valence-corrected chi connectivity index (χ0v) is 15.8. The Kier molecular flexibility index (Phi) is 4.80. The number of nitrogens with zero attached hydrogens (tertiary/aromatic N) is 1. The van der Waals surface area contributed by atoms with E-state index in [2.05, 4.69) is 5.32 Å². The van der Waals surface area contributed by atoms with Gasteiger partial charge in [-0.3, -0.25) is 4.79 Å². The number of aromatic nitrogens is 1. The molecule has 0 saturated carbocycles. The zero-order valence-electron chi connectivity index (χ0n) is 15.0. The third-order valence-corrected chi connectivity index (χ3v) is 4.83. The van der Waals surface area contributed by atoms with E-state index in [-0.39, 0.29) is 11.7 Å². The molecular formula is C23H16ClFN2O. The number of fused-ring (bicyclic) bond motifs is 1. The third-order valence-electron chi connectivity index (χ3n) is 4.58. The van der Waals surface area contributed by atoms with Crippen molar-refractivity contribution >= 4 is 34.1 Å². The van der Waals surface area contributed by atoms with Gasteiger partial charge in [-0.15, -0.1) is 0 Å². The highest BCUT2D eigenvalue weighted by atomic mass is 35.5. The maximum atomic E-state index is 13.2. The van der Waals surface area contributed by atoms with E-state index in [1.54, 1.807) is 12.1 Å². The molecule has 0 unspecified atom stereocenters. The zero-order chi connectivity index (χ0) is 19.7. The Balaban J connectivity index is 1.86. The number of carbonyl (C=O) groups excluding carboxylic acids is 1. The molecule has 28 heavy (non-hydrogen) atoms. The largest absolute Gasteiger partial charge is 0.322 e. The van der Waals surface area contributed by atoms with Crippen LogP contribution in [-0.4, -0.2) is 10.9 Å². The number of benzene rings is 3. The number of amides is 1. The van der Waals surface area contributed by atoms with Crippen molar-refractivity contribution in [2.24, 2.45) is 0 Å². The average Bonchev–Trinajstić information content (AvgIpc) is 2.70. The number of carbonyl (C=O) groups is 1. The van der Waals surface area contributed by atoms with Crippen LogP contribution in [0.25, 0.3) is 22.2 Å². The molecule has 0 bridgehead atoms. The van der Waals surface area contributed by atoms with E-state index in [0.717, 1.165) is 27.7 Å². The second-order valence-corrected chi connectivity index (χ2v) is 6.88. The highest BCUT2D eigenvalue weighted by Crippen LogP contribution is 2.31. The van der Waals surface area contributed by atoms with Crippen LogP contribution in [0.5, 0.6) is 0 Å². The van der Waals surface area contributed by atoms with E-state index < -0.39 is 0 Å². The van der Waals surface area contributed by atoms with E-state index in [4.69, 9.17) is 16.6 Å². The van der Waals surface area contributed by atoms with Crippen LogP contribution in [0.2, 0.25) is 5.02 Å². The fourth-order valence-corrected chi connectivity index (χ4v) is 3.34. The van der Waals surface area contributed by atoms with Gasteiger partial charge in [0.05, 0.1) is 16.8 Å². The SMILES string of the molecule is Cc1c(-c2ccc(Cl)cc2)nc2ccccc2c1C(=O)Nc1ccc(F)cc1. The van der Waals surface area contributed by atoms with Gasteiger partial charge >= 0.3 is 0 Å². The Morgan fingerprint density at radius 3 is 2.36 bits per heavy atom. The van der Waals surface area contributed by atoms with Gasteiger partial charge in [-0.2, -0.15) is 0 Å². The standard InChI is InChI=1S/C23H16ClFN2O/c1-14-21(23(28)26-18-12-10-17(25)11-13-18)19-4-2-3-5-20(19)27-22(14)15-6-8-16(24)9-7-15/h2-13H,1H3,(H,26,28). The normalized spacial score (nSPS) is 10.8. The van der Waals surface area contributed by atoms with Crippen LogP contribution in [-0.2, 0) is 0 Å². The molecule has 1 amide bonds. The minimum Gasteiger partial charge on any atom is -0.322 e. The fourth-order valence-electron chi connectivity index (χ4n) is 3.22. The Morgan fingerprint density at radius 2 is 1.64 bits per heavy atom. The number of nitrogens with one attached hydrogen (secondary N) is 1. The van der Waals surface area contributed by atoms with Crippen LogP contribution in [0.15, 0.2) is 72.8 Å². The first-order chi connectivity index (χ1) is 13.5. The molecule has 0 aliphatic rings. The van der Waals surface area contributed by atoms with Crippen molar-refractivity contribution in [1.82, 2.24) is 4.98 Å². The molecule has 0 aliphatic heterocycles. The van der Waals surface area contributed by atoms with Crippen molar-refractivity contribution in [2.75, 3.05) is 5.32 Å². The van der Waals surface area contributed by atoms with E-state index in [1.165, 1.54) is 24.3 Å². The maximum Gasteiger partial charge on any atom is 0.256 e. The number of halogens is 2. The van der Waals surface area contributed by atoms with Crippen LogP contribution < -0.4 is 5.32 Å². The van der Waals surface area contributed by atoms with Gasteiger partial charge in [0.1, 0.15) is 5.82 Å². The summed E-state index contributed by atoms with van der Waals surface area (Å²) in [4.78, 5) is 17.9. The van der Waals surface area contributed by atoms with Gasteiger partial charge in [-0.05, 0) is 55.0 Å². The minimum atomic E-state index is -0.353. The van der Waals surface area contributed by atoms with Crippen LogP contribution in [0.4, 0.5) is 10.1 Å². The second-order valence-electron chi connectivity index (χ2n) is 6.45. The average molecular weight is 391 g/mol. The number of para-hydroxylation sites is 1. The van der Waals surface area contributed by atoms with Crippen LogP contribution >= 0.6 is 11.6 Å². The lowest BCUT2D eigenvalue weighted by Crippen LogP contribution is -2.15. The molecule has 3 nitrogen and oxygen atoms in total. The van der Waals surface area contributed by atoms with E-state index in [0.29, 0.717) is 16.3 Å². The molecule has 0 fully saturated rings. The van der Waals surface area contributed by atoms with Crippen molar-refractivity contribution in [3.8, 4) is 11.3 Å².